The number of thiophene rings is 1. The van der Waals surface area contributed by atoms with E-state index in [1.807, 2.05) is 6.92 Å². The number of carboxylic acids is 1. The van der Waals surface area contributed by atoms with Crippen LogP contribution in [0.5, 0.6) is 0 Å². The van der Waals surface area contributed by atoms with Crippen LogP contribution < -0.4 is 5.32 Å². The third kappa shape index (κ3) is 3.60. The molecule has 1 amide bonds. The monoisotopic (exact) mass is 295 g/mol. The number of carbonyl (C=O) groups is 2. The Hall–Kier alpha value is -1.36. The summed E-state index contributed by atoms with van der Waals surface area (Å²) in [4.78, 5) is 23.7. The summed E-state index contributed by atoms with van der Waals surface area (Å²) in [6.45, 7) is 1.83. The van der Waals surface area contributed by atoms with Gasteiger partial charge in [-0.3, -0.25) is 4.79 Å². The van der Waals surface area contributed by atoms with E-state index in [-0.39, 0.29) is 16.7 Å². The Bertz CT molecular complexity index is 487. The first-order valence-electron chi connectivity index (χ1n) is 7.22. The van der Waals surface area contributed by atoms with E-state index in [0.29, 0.717) is 5.69 Å². The summed E-state index contributed by atoms with van der Waals surface area (Å²) in [5.41, 5.74) is 1.31. The minimum atomic E-state index is -0.976. The van der Waals surface area contributed by atoms with Crippen molar-refractivity contribution in [2.24, 2.45) is 5.92 Å². The Morgan fingerprint density at radius 3 is 2.40 bits per heavy atom. The van der Waals surface area contributed by atoms with Crippen molar-refractivity contribution in [2.75, 3.05) is 5.32 Å². The van der Waals surface area contributed by atoms with Gasteiger partial charge in [-0.1, -0.05) is 32.1 Å². The lowest BCUT2D eigenvalue weighted by atomic mass is 9.90. The second-order valence-electron chi connectivity index (χ2n) is 5.46. The van der Waals surface area contributed by atoms with Crippen LogP contribution in [0.15, 0.2) is 5.38 Å². The maximum Gasteiger partial charge on any atom is 0.348 e. The van der Waals surface area contributed by atoms with Gasteiger partial charge in [0.15, 0.2) is 0 Å². The standard InChI is InChI=1S/C15H21NO3S/c1-10-9-20-13(15(18)19)12(10)16-14(17)11-7-5-3-2-4-6-8-11/h9,11H,2-8H2,1H3,(H,16,17)(H,18,19). The van der Waals surface area contributed by atoms with E-state index in [2.05, 4.69) is 5.32 Å². The van der Waals surface area contributed by atoms with Crippen LogP contribution in [0.3, 0.4) is 0 Å². The van der Waals surface area contributed by atoms with Gasteiger partial charge >= 0.3 is 5.97 Å². The van der Waals surface area contributed by atoms with Gasteiger partial charge in [-0.25, -0.2) is 4.79 Å². The summed E-state index contributed by atoms with van der Waals surface area (Å²) in [5, 5.41) is 13.8. The number of hydrogen-bond donors (Lipinski definition) is 2. The second kappa shape index (κ2) is 6.88. The van der Waals surface area contributed by atoms with Gasteiger partial charge < -0.3 is 10.4 Å². The number of carbonyl (C=O) groups excluding carboxylic acids is 1. The molecule has 0 aliphatic heterocycles. The second-order valence-corrected chi connectivity index (χ2v) is 6.34. The fourth-order valence-electron chi connectivity index (χ4n) is 2.70. The number of hydrogen-bond acceptors (Lipinski definition) is 3. The molecule has 1 aliphatic rings. The van der Waals surface area contributed by atoms with Crippen LogP contribution in [0.4, 0.5) is 5.69 Å². The largest absolute Gasteiger partial charge is 0.477 e. The molecule has 1 heterocycles. The highest BCUT2D eigenvalue weighted by molar-refractivity contribution is 7.12. The smallest absolute Gasteiger partial charge is 0.348 e. The van der Waals surface area contributed by atoms with Crippen molar-refractivity contribution in [1.29, 1.82) is 0 Å². The van der Waals surface area contributed by atoms with Crippen LogP contribution in [0.1, 0.15) is 60.2 Å². The number of rotatable bonds is 3. The van der Waals surface area contributed by atoms with Crippen LogP contribution >= 0.6 is 11.3 Å². The molecular weight excluding hydrogens is 274 g/mol. The van der Waals surface area contributed by atoms with Crippen LogP contribution in [0.25, 0.3) is 0 Å². The summed E-state index contributed by atoms with van der Waals surface area (Å²) in [5.74, 6) is -0.969. The molecule has 1 aliphatic carbocycles. The van der Waals surface area contributed by atoms with E-state index < -0.39 is 5.97 Å². The van der Waals surface area contributed by atoms with Gasteiger partial charge in [0.25, 0.3) is 0 Å². The van der Waals surface area contributed by atoms with Crippen LogP contribution in [-0.4, -0.2) is 17.0 Å². The van der Waals surface area contributed by atoms with Gasteiger partial charge in [0.2, 0.25) is 5.91 Å². The van der Waals surface area contributed by atoms with E-state index in [1.165, 1.54) is 30.6 Å². The van der Waals surface area contributed by atoms with Gasteiger partial charge in [0, 0.05) is 5.92 Å². The summed E-state index contributed by atoms with van der Waals surface area (Å²) in [7, 11) is 0. The Kier molecular flexibility index (Phi) is 5.17. The lowest BCUT2D eigenvalue weighted by molar-refractivity contribution is -0.120. The van der Waals surface area contributed by atoms with Crippen LogP contribution in [0.2, 0.25) is 0 Å². The summed E-state index contributed by atoms with van der Waals surface area (Å²) < 4.78 is 0. The Labute approximate surface area is 123 Å². The maximum absolute atomic E-state index is 12.4. The molecule has 1 aromatic rings. The molecule has 0 unspecified atom stereocenters. The average Bonchev–Trinajstić information content (AvgIpc) is 2.70. The summed E-state index contributed by atoms with van der Waals surface area (Å²) in [6.07, 6.45) is 7.66. The van der Waals surface area contributed by atoms with E-state index in [9.17, 15) is 9.59 Å². The number of aromatic carboxylic acids is 1. The first-order chi connectivity index (χ1) is 9.59. The Morgan fingerprint density at radius 2 is 1.80 bits per heavy atom. The van der Waals surface area contributed by atoms with Crippen molar-refractivity contribution in [3.8, 4) is 0 Å². The zero-order chi connectivity index (χ0) is 14.5. The van der Waals surface area contributed by atoms with E-state index in [0.717, 1.165) is 31.2 Å². The average molecular weight is 295 g/mol. The predicted molar refractivity (Wildman–Crippen MR) is 80.5 cm³/mol. The molecule has 0 atom stereocenters. The van der Waals surface area contributed by atoms with Gasteiger partial charge in [-0.05, 0) is 30.7 Å². The van der Waals surface area contributed by atoms with Crippen molar-refractivity contribution in [1.82, 2.24) is 0 Å². The zero-order valence-corrected chi connectivity index (χ0v) is 12.6. The highest BCUT2D eigenvalue weighted by Crippen LogP contribution is 2.29. The quantitative estimate of drug-likeness (QED) is 0.884. The SMILES string of the molecule is Cc1csc(C(=O)O)c1NC(=O)C1CCCCCCC1. The van der Waals surface area contributed by atoms with Crippen molar-refractivity contribution in [3.05, 3.63) is 15.8 Å². The maximum atomic E-state index is 12.4. The van der Waals surface area contributed by atoms with Crippen LogP contribution in [-0.2, 0) is 4.79 Å². The minimum Gasteiger partial charge on any atom is -0.477 e. The Morgan fingerprint density at radius 1 is 1.20 bits per heavy atom. The molecule has 0 saturated heterocycles. The van der Waals surface area contributed by atoms with Gasteiger partial charge in [-0.15, -0.1) is 11.3 Å². The third-order valence-corrected chi connectivity index (χ3v) is 4.98. The first kappa shape index (κ1) is 15.0. The third-order valence-electron chi connectivity index (χ3n) is 3.89. The van der Waals surface area contributed by atoms with E-state index >= 15 is 0 Å². The van der Waals surface area contributed by atoms with Gasteiger partial charge in [-0.2, -0.15) is 0 Å². The van der Waals surface area contributed by atoms with Gasteiger partial charge in [0.05, 0.1) is 5.69 Å². The number of anilines is 1. The van der Waals surface area contributed by atoms with Gasteiger partial charge in [0.1, 0.15) is 4.88 Å². The molecule has 4 nitrogen and oxygen atoms in total. The predicted octanol–water partition coefficient (Wildman–Crippen LogP) is 4.05. The molecule has 2 N–H and O–H groups in total. The Balaban J connectivity index is 2.06. The van der Waals surface area contributed by atoms with E-state index in [4.69, 9.17) is 5.11 Å². The number of amides is 1. The minimum absolute atomic E-state index is 0.0177. The lowest BCUT2D eigenvalue weighted by Gasteiger charge is -2.19. The van der Waals surface area contributed by atoms with E-state index in [1.54, 1.807) is 5.38 Å². The van der Waals surface area contributed by atoms with Crippen molar-refractivity contribution < 1.29 is 14.7 Å². The molecule has 110 valence electrons. The first-order valence-corrected chi connectivity index (χ1v) is 8.10. The molecule has 1 fully saturated rings. The molecule has 0 bridgehead atoms. The molecule has 0 aromatic carbocycles. The lowest BCUT2D eigenvalue weighted by Crippen LogP contribution is -2.24. The summed E-state index contributed by atoms with van der Waals surface area (Å²) >= 11 is 1.17. The highest BCUT2D eigenvalue weighted by Gasteiger charge is 2.23. The highest BCUT2D eigenvalue weighted by atomic mass is 32.1. The molecule has 0 radical (unpaired) electrons. The molecule has 5 heteroatoms. The molecule has 20 heavy (non-hydrogen) atoms. The topological polar surface area (TPSA) is 66.4 Å². The fourth-order valence-corrected chi connectivity index (χ4v) is 3.54. The molecule has 0 spiro atoms. The number of nitrogens with one attached hydrogen (secondary N) is 1. The van der Waals surface area contributed by atoms with Crippen molar-refractivity contribution in [2.45, 2.75) is 51.9 Å². The molecule has 1 aromatic heterocycles. The zero-order valence-electron chi connectivity index (χ0n) is 11.8. The molecule has 1 saturated carbocycles. The number of carboxylic acid groups (broad SMARTS) is 1. The fraction of sp³-hybridized carbons (Fsp3) is 0.600. The normalized spacial score (nSPS) is 17.2. The molecular formula is C15H21NO3S. The summed E-state index contributed by atoms with van der Waals surface area (Å²) in [6, 6.07) is 0. The molecule has 2 rings (SSSR count). The number of aryl methyl sites for hydroxylation is 1. The van der Waals surface area contributed by atoms with Crippen LogP contribution in [0, 0.1) is 12.8 Å². The van der Waals surface area contributed by atoms with Crippen molar-refractivity contribution >= 4 is 28.9 Å². The van der Waals surface area contributed by atoms with Crippen molar-refractivity contribution in [3.63, 3.8) is 0 Å².